The van der Waals surface area contributed by atoms with E-state index in [0.29, 0.717) is 19.3 Å². The van der Waals surface area contributed by atoms with Gasteiger partial charge in [0.05, 0.1) is 0 Å². The Morgan fingerprint density at radius 1 is 0.263 bits per heavy atom. The van der Waals surface area contributed by atoms with Crippen molar-refractivity contribution >= 4 is 17.9 Å². The van der Waals surface area contributed by atoms with Gasteiger partial charge in [-0.3, -0.25) is 14.4 Å². The van der Waals surface area contributed by atoms with Crippen molar-refractivity contribution in [2.24, 2.45) is 0 Å². The summed E-state index contributed by atoms with van der Waals surface area (Å²) in [6.07, 6.45) is 93.5. The first-order valence-corrected chi connectivity index (χ1v) is 33.5. The maximum Gasteiger partial charge on any atom is 0.306 e. The highest BCUT2D eigenvalue weighted by molar-refractivity contribution is 5.71. The molecule has 1 unspecified atom stereocenters. The molecule has 6 nitrogen and oxygen atoms in total. The minimum absolute atomic E-state index is 0.0861. The summed E-state index contributed by atoms with van der Waals surface area (Å²) in [6, 6.07) is 0. The SMILES string of the molecule is CC/C=C\C/C=C\C/C=C\C/C=C\C/C=C\C/C=C\C/C=C\C/C=C\CCCCCCCCCCC(=O)OCC(COC(=O)CCCCCCC/C=C\C/C=C\CCCC)OC(=O)CCCCCCCCCCCCCCCCC. The van der Waals surface area contributed by atoms with Crippen molar-refractivity contribution in [2.75, 3.05) is 13.2 Å². The number of carbonyl (C=O) groups excluding carboxylic acids is 3. The highest BCUT2D eigenvalue weighted by Crippen LogP contribution is 2.16. The molecule has 0 spiro atoms. The van der Waals surface area contributed by atoms with Crippen LogP contribution < -0.4 is 0 Å². The third-order valence-electron chi connectivity index (χ3n) is 14.2. The van der Waals surface area contributed by atoms with E-state index in [9.17, 15) is 14.4 Å². The minimum atomic E-state index is -0.788. The fourth-order valence-corrected chi connectivity index (χ4v) is 9.18. The van der Waals surface area contributed by atoms with E-state index in [1.165, 1.54) is 128 Å². The average Bonchev–Trinajstić information content (AvgIpc) is 3.46. The Bertz CT molecular complexity index is 1650. The van der Waals surface area contributed by atoms with Gasteiger partial charge >= 0.3 is 17.9 Å². The van der Waals surface area contributed by atoms with Crippen LogP contribution in [-0.4, -0.2) is 37.2 Å². The van der Waals surface area contributed by atoms with Gasteiger partial charge in [0.25, 0.3) is 0 Å². The molecule has 0 saturated carbocycles. The minimum Gasteiger partial charge on any atom is -0.462 e. The molecule has 0 aromatic carbocycles. The lowest BCUT2D eigenvalue weighted by Crippen LogP contribution is -2.30. The first-order valence-electron chi connectivity index (χ1n) is 33.5. The molecule has 0 heterocycles. The van der Waals surface area contributed by atoms with Crippen molar-refractivity contribution in [3.05, 3.63) is 122 Å². The molecule has 0 N–H and O–H groups in total. The van der Waals surface area contributed by atoms with Crippen molar-refractivity contribution in [2.45, 2.75) is 316 Å². The standard InChI is InChI=1S/C74H124O6/c1-4-7-10-13-16-19-22-25-28-29-30-31-32-33-34-35-36-37-38-39-40-41-42-43-44-45-47-49-52-55-58-61-64-67-73(76)79-70-71(69-78-72(75)66-63-60-57-54-51-48-27-24-21-18-15-12-9-6-3)80-74(77)68-65-62-59-56-53-50-46-26-23-20-17-14-11-8-5-2/h7,10,15-16,18-19,24-25,27-28,30-31,33-34,36-37,39-40,42-43,71H,4-6,8-9,11-14,17,20-23,26,29,32,35,38,41,44-70H2,1-3H3/b10-7-,18-15-,19-16-,27-24-,28-25-,31-30-,34-33-,37-36-,40-39-,43-42-. The smallest absolute Gasteiger partial charge is 0.306 e. The molecule has 456 valence electrons. The molecule has 80 heavy (non-hydrogen) atoms. The average molecular weight is 1110 g/mol. The predicted molar refractivity (Wildman–Crippen MR) is 348 cm³/mol. The van der Waals surface area contributed by atoms with Crippen LogP contribution in [0.15, 0.2) is 122 Å². The largest absolute Gasteiger partial charge is 0.462 e. The number of hydrogen-bond donors (Lipinski definition) is 0. The van der Waals surface area contributed by atoms with Crippen LogP contribution in [0.2, 0.25) is 0 Å². The molecule has 0 bridgehead atoms. The van der Waals surface area contributed by atoms with Crippen LogP contribution in [0.5, 0.6) is 0 Å². The normalized spacial score (nSPS) is 12.9. The topological polar surface area (TPSA) is 78.9 Å². The zero-order valence-corrected chi connectivity index (χ0v) is 52.3. The molecule has 0 saturated heterocycles. The van der Waals surface area contributed by atoms with Crippen LogP contribution in [0.25, 0.3) is 0 Å². The van der Waals surface area contributed by atoms with Gasteiger partial charge in [-0.1, -0.05) is 303 Å². The van der Waals surface area contributed by atoms with Crippen LogP contribution in [-0.2, 0) is 28.6 Å². The van der Waals surface area contributed by atoms with Gasteiger partial charge in [-0.25, -0.2) is 0 Å². The molecular weight excluding hydrogens is 985 g/mol. The molecule has 0 aliphatic carbocycles. The molecule has 0 amide bonds. The summed E-state index contributed by atoms with van der Waals surface area (Å²) in [6.45, 7) is 6.49. The van der Waals surface area contributed by atoms with Crippen LogP contribution in [0.4, 0.5) is 0 Å². The molecule has 1 atom stereocenters. The van der Waals surface area contributed by atoms with Crippen LogP contribution in [0, 0.1) is 0 Å². The molecule has 0 radical (unpaired) electrons. The summed E-state index contributed by atoms with van der Waals surface area (Å²) in [5.41, 5.74) is 0. The van der Waals surface area contributed by atoms with Gasteiger partial charge in [-0.05, 0) is 109 Å². The van der Waals surface area contributed by atoms with Crippen LogP contribution in [0.3, 0.4) is 0 Å². The van der Waals surface area contributed by atoms with E-state index in [4.69, 9.17) is 14.2 Å². The highest BCUT2D eigenvalue weighted by Gasteiger charge is 2.19. The van der Waals surface area contributed by atoms with Crippen LogP contribution in [0.1, 0.15) is 310 Å². The summed E-state index contributed by atoms with van der Waals surface area (Å²) < 4.78 is 16.9. The first-order chi connectivity index (χ1) is 39.5. The quantitative estimate of drug-likeness (QED) is 0.0261. The lowest BCUT2D eigenvalue weighted by atomic mass is 10.0. The fraction of sp³-hybridized carbons (Fsp3) is 0.689. The van der Waals surface area contributed by atoms with Gasteiger partial charge < -0.3 is 14.2 Å². The molecule has 0 aromatic rings. The lowest BCUT2D eigenvalue weighted by molar-refractivity contribution is -0.167. The predicted octanol–water partition coefficient (Wildman–Crippen LogP) is 23.2. The number of hydrogen-bond acceptors (Lipinski definition) is 6. The maximum atomic E-state index is 12.9. The first kappa shape index (κ1) is 75.8. The van der Waals surface area contributed by atoms with Crippen molar-refractivity contribution < 1.29 is 28.6 Å². The van der Waals surface area contributed by atoms with Crippen molar-refractivity contribution in [1.29, 1.82) is 0 Å². The summed E-state index contributed by atoms with van der Waals surface area (Å²) in [4.78, 5) is 38.3. The van der Waals surface area contributed by atoms with E-state index in [1.54, 1.807) is 0 Å². The van der Waals surface area contributed by atoms with Gasteiger partial charge in [0, 0.05) is 19.3 Å². The monoisotopic (exact) mass is 1110 g/mol. The number of allylic oxidation sites excluding steroid dienone is 20. The molecule has 0 rings (SSSR count). The van der Waals surface area contributed by atoms with Gasteiger partial charge in [0.15, 0.2) is 6.10 Å². The summed E-state index contributed by atoms with van der Waals surface area (Å²) >= 11 is 0. The number of carbonyl (C=O) groups is 3. The van der Waals surface area contributed by atoms with Crippen LogP contribution >= 0.6 is 0 Å². The van der Waals surface area contributed by atoms with Gasteiger partial charge in [0.1, 0.15) is 13.2 Å². The van der Waals surface area contributed by atoms with E-state index < -0.39 is 6.10 Å². The van der Waals surface area contributed by atoms with Crippen molar-refractivity contribution in [1.82, 2.24) is 0 Å². The number of ether oxygens (including phenoxy) is 3. The second kappa shape index (κ2) is 67.3. The molecule has 0 fully saturated rings. The summed E-state index contributed by atoms with van der Waals surface area (Å²) in [5, 5.41) is 0. The number of esters is 3. The Kier molecular flexibility index (Phi) is 63.8. The zero-order valence-electron chi connectivity index (χ0n) is 52.3. The second-order valence-electron chi connectivity index (χ2n) is 22.0. The van der Waals surface area contributed by atoms with Crippen molar-refractivity contribution in [3.63, 3.8) is 0 Å². The maximum absolute atomic E-state index is 12.9. The molecular formula is C74H124O6. The van der Waals surface area contributed by atoms with E-state index >= 15 is 0 Å². The molecule has 0 aliphatic rings. The van der Waals surface area contributed by atoms with E-state index in [2.05, 4.69) is 142 Å². The third kappa shape index (κ3) is 64.6. The highest BCUT2D eigenvalue weighted by atomic mass is 16.6. The van der Waals surface area contributed by atoms with Crippen molar-refractivity contribution in [3.8, 4) is 0 Å². The van der Waals surface area contributed by atoms with Gasteiger partial charge in [-0.15, -0.1) is 0 Å². The van der Waals surface area contributed by atoms with Gasteiger partial charge in [0.2, 0.25) is 0 Å². The molecule has 6 heteroatoms. The molecule has 0 aromatic heterocycles. The van der Waals surface area contributed by atoms with E-state index in [-0.39, 0.29) is 31.1 Å². The fourth-order valence-electron chi connectivity index (χ4n) is 9.18. The summed E-state index contributed by atoms with van der Waals surface area (Å²) in [5.74, 6) is -0.898. The Labute approximate surface area is 494 Å². The van der Waals surface area contributed by atoms with Gasteiger partial charge in [-0.2, -0.15) is 0 Å². The second-order valence-corrected chi connectivity index (χ2v) is 22.0. The Morgan fingerprint density at radius 3 is 0.800 bits per heavy atom. The lowest BCUT2D eigenvalue weighted by Gasteiger charge is -2.18. The number of unbranched alkanes of at least 4 members (excludes halogenated alkanes) is 29. The number of rotatable bonds is 60. The van der Waals surface area contributed by atoms with E-state index in [1.807, 2.05) is 0 Å². The Balaban J connectivity index is 4.28. The Hall–Kier alpha value is -4.19. The van der Waals surface area contributed by atoms with E-state index in [0.717, 1.165) is 141 Å². The molecule has 0 aliphatic heterocycles. The zero-order chi connectivity index (χ0) is 57.8. The third-order valence-corrected chi connectivity index (χ3v) is 14.2. The summed E-state index contributed by atoms with van der Waals surface area (Å²) in [7, 11) is 0. The Morgan fingerprint density at radius 2 is 0.500 bits per heavy atom.